The first-order valence-electron chi connectivity index (χ1n) is 6.80. The highest BCUT2D eigenvalue weighted by atomic mass is 32.1. The van der Waals surface area contributed by atoms with Crippen molar-refractivity contribution in [2.45, 2.75) is 12.6 Å². The van der Waals surface area contributed by atoms with Crippen molar-refractivity contribution >= 4 is 16.9 Å². The van der Waals surface area contributed by atoms with E-state index in [2.05, 4.69) is 17.5 Å². The Balaban J connectivity index is 1.95. The largest absolute Gasteiger partial charge is 0.281 e. The van der Waals surface area contributed by atoms with Crippen LogP contribution in [0, 0.1) is 10.1 Å². The van der Waals surface area contributed by atoms with E-state index < -0.39 is 0 Å². The van der Waals surface area contributed by atoms with Crippen LogP contribution in [0.4, 0.5) is 0 Å². The van der Waals surface area contributed by atoms with Crippen LogP contribution in [0.25, 0.3) is 5.57 Å². The predicted octanol–water partition coefficient (Wildman–Crippen LogP) is 3.59. The smallest absolute Gasteiger partial charge is 0.223 e. The Bertz CT molecular complexity index is 667. The molecule has 0 saturated heterocycles. The third-order valence-corrected chi connectivity index (χ3v) is 4.66. The van der Waals surface area contributed by atoms with Gasteiger partial charge in [0, 0.05) is 22.9 Å². The van der Waals surface area contributed by atoms with Gasteiger partial charge in [-0.05, 0) is 28.1 Å². The van der Waals surface area contributed by atoms with E-state index in [1.54, 1.807) is 11.3 Å². The van der Waals surface area contributed by atoms with Crippen molar-refractivity contribution in [3.05, 3.63) is 74.5 Å². The van der Waals surface area contributed by atoms with Crippen LogP contribution < -0.4 is 0 Å². The summed E-state index contributed by atoms with van der Waals surface area (Å²) in [5.74, 6) is 0. The maximum Gasteiger partial charge on any atom is 0.223 e. The van der Waals surface area contributed by atoms with E-state index >= 15 is 0 Å². The standard InChI is InChI=1S/C16H16N2O2S/c1-12-9-17(10-13-5-4-8-21-13)16(11-18(19)20)15-7-3-2-6-14(12)15/h2-8,16H,1,9-11H2. The Morgan fingerprint density at radius 1 is 1.33 bits per heavy atom. The lowest BCUT2D eigenvalue weighted by Crippen LogP contribution is -2.37. The van der Waals surface area contributed by atoms with E-state index in [-0.39, 0.29) is 17.5 Å². The first-order chi connectivity index (χ1) is 10.1. The van der Waals surface area contributed by atoms with Gasteiger partial charge >= 0.3 is 0 Å². The molecule has 2 heterocycles. The normalized spacial score (nSPS) is 18.5. The molecule has 0 bridgehead atoms. The van der Waals surface area contributed by atoms with E-state index in [0.29, 0.717) is 6.54 Å². The highest BCUT2D eigenvalue weighted by Crippen LogP contribution is 2.36. The molecular formula is C16H16N2O2S. The maximum absolute atomic E-state index is 11.1. The molecule has 1 aliphatic heterocycles. The minimum atomic E-state index is -0.225. The summed E-state index contributed by atoms with van der Waals surface area (Å²) in [5.41, 5.74) is 3.11. The maximum atomic E-state index is 11.1. The average molecular weight is 300 g/mol. The number of nitro groups is 1. The van der Waals surface area contributed by atoms with E-state index in [1.807, 2.05) is 35.7 Å². The molecule has 0 N–H and O–H groups in total. The Kier molecular flexibility index (Phi) is 3.86. The van der Waals surface area contributed by atoms with Crippen LogP contribution in [-0.4, -0.2) is 22.9 Å². The van der Waals surface area contributed by atoms with Gasteiger partial charge < -0.3 is 0 Å². The number of rotatable bonds is 4. The number of fused-ring (bicyclic) bond motifs is 1. The van der Waals surface area contributed by atoms with Gasteiger partial charge in [-0.1, -0.05) is 36.9 Å². The van der Waals surface area contributed by atoms with Crippen molar-refractivity contribution < 1.29 is 4.92 Å². The monoisotopic (exact) mass is 300 g/mol. The van der Waals surface area contributed by atoms with Crippen LogP contribution in [-0.2, 0) is 6.54 Å². The van der Waals surface area contributed by atoms with Crippen LogP contribution in [0.3, 0.4) is 0 Å². The summed E-state index contributed by atoms with van der Waals surface area (Å²) in [6.45, 7) is 5.47. The summed E-state index contributed by atoms with van der Waals surface area (Å²) < 4.78 is 0. The molecule has 2 aromatic rings. The minimum absolute atomic E-state index is 0.0737. The lowest BCUT2D eigenvalue weighted by atomic mass is 9.90. The van der Waals surface area contributed by atoms with Crippen LogP contribution in [0.5, 0.6) is 0 Å². The molecule has 1 atom stereocenters. The van der Waals surface area contributed by atoms with E-state index in [0.717, 1.165) is 23.2 Å². The molecule has 0 fully saturated rings. The molecule has 3 rings (SSSR count). The molecule has 0 aliphatic carbocycles. The molecule has 1 unspecified atom stereocenters. The Morgan fingerprint density at radius 3 is 2.86 bits per heavy atom. The zero-order valence-electron chi connectivity index (χ0n) is 11.6. The molecule has 0 saturated carbocycles. The predicted molar refractivity (Wildman–Crippen MR) is 84.8 cm³/mol. The number of nitrogens with zero attached hydrogens (tertiary/aromatic N) is 2. The first kappa shape index (κ1) is 14.0. The zero-order valence-corrected chi connectivity index (χ0v) is 12.4. The van der Waals surface area contributed by atoms with Crippen LogP contribution in [0.1, 0.15) is 22.0 Å². The van der Waals surface area contributed by atoms with Crippen molar-refractivity contribution in [1.82, 2.24) is 4.90 Å². The van der Waals surface area contributed by atoms with Crippen molar-refractivity contribution in [2.24, 2.45) is 0 Å². The summed E-state index contributed by atoms with van der Waals surface area (Å²) in [5, 5.41) is 13.1. The van der Waals surface area contributed by atoms with Crippen molar-refractivity contribution in [3.63, 3.8) is 0 Å². The average Bonchev–Trinajstić information content (AvgIpc) is 2.96. The fourth-order valence-electron chi connectivity index (χ4n) is 2.87. The molecule has 0 radical (unpaired) electrons. The van der Waals surface area contributed by atoms with Crippen LogP contribution in [0.15, 0.2) is 48.4 Å². The summed E-state index contributed by atoms with van der Waals surface area (Å²) in [7, 11) is 0. The SMILES string of the molecule is C=C1CN(Cc2cccs2)C(C[N+](=O)[O-])c2ccccc21. The highest BCUT2D eigenvalue weighted by Gasteiger charge is 2.32. The van der Waals surface area contributed by atoms with Gasteiger partial charge in [0.25, 0.3) is 0 Å². The Hall–Kier alpha value is -1.98. The fraction of sp³-hybridized carbons (Fsp3) is 0.250. The van der Waals surface area contributed by atoms with E-state index in [1.165, 1.54) is 4.88 Å². The molecule has 5 heteroatoms. The molecular weight excluding hydrogens is 284 g/mol. The first-order valence-corrected chi connectivity index (χ1v) is 7.68. The Morgan fingerprint density at radius 2 is 2.14 bits per heavy atom. The van der Waals surface area contributed by atoms with Gasteiger partial charge in [-0.2, -0.15) is 0 Å². The number of thiophene rings is 1. The second-order valence-corrected chi connectivity index (χ2v) is 6.24. The Labute approximate surface area is 127 Å². The third kappa shape index (κ3) is 2.89. The van der Waals surface area contributed by atoms with Crippen LogP contribution >= 0.6 is 11.3 Å². The van der Waals surface area contributed by atoms with Gasteiger partial charge in [0.1, 0.15) is 6.04 Å². The minimum Gasteiger partial charge on any atom is -0.281 e. The molecule has 21 heavy (non-hydrogen) atoms. The van der Waals surface area contributed by atoms with Gasteiger partial charge in [0.15, 0.2) is 0 Å². The third-order valence-electron chi connectivity index (χ3n) is 3.80. The van der Waals surface area contributed by atoms with Crippen LogP contribution in [0.2, 0.25) is 0 Å². The van der Waals surface area contributed by atoms with Crippen molar-refractivity contribution in [2.75, 3.05) is 13.1 Å². The zero-order chi connectivity index (χ0) is 14.8. The second-order valence-electron chi connectivity index (χ2n) is 5.21. The lowest BCUT2D eigenvalue weighted by molar-refractivity contribution is -0.488. The number of benzene rings is 1. The van der Waals surface area contributed by atoms with Gasteiger partial charge in [0.05, 0.1) is 0 Å². The van der Waals surface area contributed by atoms with E-state index in [4.69, 9.17) is 0 Å². The van der Waals surface area contributed by atoms with Gasteiger partial charge in [0.2, 0.25) is 6.54 Å². The van der Waals surface area contributed by atoms with Gasteiger partial charge in [-0.15, -0.1) is 11.3 Å². The van der Waals surface area contributed by atoms with Crippen molar-refractivity contribution in [3.8, 4) is 0 Å². The summed E-state index contributed by atoms with van der Waals surface area (Å²) >= 11 is 1.68. The van der Waals surface area contributed by atoms with E-state index in [9.17, 15) is 10.1 Å². The molecule has 1 aromatic carbocycles. The summed E-state index contributed by atoms with van der Waals surface area (Å²) in [4.78, 5) is 14.2. The fourth-order valence-corrected chi connectivity index (χ4v) is 3.60. The molecule has 108 valence electrons. The second kappa shape index (κ2) is 5.79. The molecule has 1 aliphatic rings. The molecule has 0 amide bonds. The molecule has 0 spiro atoms. The number of hydrogen-bond acceptors (Lipinski definition) is 4. The highest BCUT2D eigenvalue weighted by molar-refractivity contribution is 7.09. The number of hydrogen-bond donors (Lipinski definition) is 0. The summed E-state index contributed by atoms with van der Waals surface area (Å²) in [6, 6.07) is 11.8. The van der Waals surface area contributed by atoms with Gasteiger partial charge in [-0.25, -0.2) is 0 Å². The summed E-state index contributed by atoms with van der Waals surface area (Å²) in [6.07, 6.45) is 0. The topological polar surface area (TPSA) is 46.4 Å². The molecule has 4 nitrogen and oxygen atoms in total. The lowest BCUT2D eigenvalue weighted by Gasteiger charge is -2.36. The van der Waals surface area contributed by atoms with Gasteiger partial charge in [-0.3, -0.25) is 15.0 Å². The quantitative estimate of drug-likeness (QED) is 0.640. The van der Waals surface area contributed by atoms with Crippen molar-refractivity contribution in [1.29, 1.82) is 0 Å². The molecule has 1 aromatic heterocycles.